The zero-order valence-corrected chi connectivity index (χ0v) is 13.2. The van der Waals surface area contributed by atoms with E-state index in [9.17, 15) is 8.78 Å². The molecule has 1 N–H and O–H groups in total. The van der Waals surface area contributed by atoms with Crippen LogP contribution in [0.1, 0.15) is 38.7 Å². The summed E-state index contributed by atoms with van der Waals surface area (Å²) in [7, 11) is 0. The van der Waals surface area contributed by atoms with Gasteiger partial charge in [-0.2, -0.15) is 8.78 Å². The van der Waals surface area contributed by atoms with Crippen molar-refractivity contribution in [1.29, 1.82) is 0 Å². The Morgan fingerprint density at radius 1 is 1.29 bits per heavy atom. The molecule has 1 fully saturated rings. The molecule has 5 heteroatoms. The van der Waals surface area contributed by atoms with E-state index in [-0.39, 0.29) is 5.75 Å². The molecule has 3 unspecified atom stereocenters. The number of rotatable bonds is 5. The zero-order chi connectivity index (χ0) is 15.4. The molecule has 1 aliphatic rings. The summed E-state index contributed by atoms with van der Waals surface area (Å²) >= 11 is 5.95. The lowest BCUT2D eigenvalue weighted by molar-refractivity contribution is -0.0505. The van der Waals surface area contributed by atoms with Crippen LogP contribution in [0.2, 0.25) is 5.02 Å². The molecular weight excluding hydrogens is 296 g/mol. The van der Waals surface area contributed by atoms with Crippen LogP contribution < -0.4 is 10.1 Å². The van der Waals surface area contributed by atoms with E-state index in [0.29, 0.717) is 29.1 Å². The molecule has 0 radical (unpaired) electrons. The standard InChI is InChI=1S/C16H22ClF2NO/c1-10-3-5-14(7-11(10)2)20-9-12-8-13(17)4-6-15(12)21-16(18)19/h4,6,8,10-11,14,16,20H,3,5,7,9H2,1-2H3. The van der Waals surface area contributed by atoms with E-state index in [0.717, 1.165) is 18.8 Å². The molecule has 3 atom stereocenters. The van der Waals surface area contributed by atoms with Crippen LogP contribution in [-0.4, -0.2) is 12.7 Å². The van der Waals surface area contributed by atoms with Gasteiger partial charge in [-0.3, -0.25) is 0 Å². The lowest BCUT2D eigenvalue weighted by Crippen LogP contribution is -2.35. The van der Waals surface area contributed by atoms with Crippen molar-refractivity contribution >= 4 is 11.6 Å². The van der Waals surface area contributed by atoms with Gasteiger partial charge in [0.15, 0.2) is 0 Å². The molecule has 0 aromatic heterocycles. The molecule has 118 valence electrons. The number of ether oxygens (including phenoxy) is 1. The first-order chi connectivity index (χ1) is 9.95. The van der Waals surface area contributed by atoms with Crippen LogP contribution in [0.4, 0.5) is 8.78 Å². The average Bonchev–Trinajstić information content (AvgIpc) is 2.42. The van der Waals surface area contributed by atoms with Gasteiger partial charge in [0.25, 0.3) is 0 Å². The third-order valence-electron chi connectivity index (χ3n) is 4.42. The maximum absolute atomic E-state index is 12.4. The van der Waals surface area contributed by atoms with Crippen LogP contribution >= 0.6 is 11.6 Å². The lowest BCUT2D eigenvalue weighted by Gasteiger charge is -2.32. The minimum atomic E-state index is -2.82. The van der Waals surface area contributed by atoms with Gasteiger partial charge in [-0.1, -0.05) is 25.4 Å². The van der Waals surface area contributed by atoms with E-state index in [1.54, 1.807) is 12.1 Å². The summed E-state index contributed by atoms with van der Waals surface area (Å²) in [5.41, 5.74) is 0.675. The zero-order valence-electron chi connectivity index (χ0n) is 12.4. The first kappa shape index (κ1) is 16.5. The Morgan fingerprint density at radius 2 is 2.05 bits per heavy atom. The van der Waals surface area contributed by atoms with Crippen LogP contribution in [0.25, 0.3) is 0 Å². The summed E-state index contributed by atoms with van der Waals surface area (Å²) in [4.78, 5) is 0. The molecular formula is C16H22ClF2NO. The van der Waals surface area contributed by atoms with Gasteiger partial charge >= 0.3 is 6.61 Å². The molecule has 21 heavy (non-hydrogen) atoms. The number of halogens is 3. The van der Waals surface area contributed by atoms with Gasteiger partial charge in [0.05, 0.1) is 0 Å². The van der Waals surface area contributed by atoms with Crippen molar-refractivity contribution in [2.45, 2.75) is 52.3 Å². The van der Waals surface area contributed by atoms with Gasteiger partial charge in [-0.25, -0.2) is 0 Å². The van der Waals surface area contributed by atoms with Crippen molar-refractivity contribution < 1.29 is 13.5 Å². The molecule has 0 bridgehead atoms. The van der Waals surface area contributed by atoms with Crippen LogP contribution in [0.15, 0.2) is 18.2 Å². The molecule has 0 saturated heterocycles. The third kappa shape index (κ3) is 4.82. The summed E-state index contributed by atoms with van der Waals surface area (Å²) in [5.74, 6) is 1.64. The predicted octanol–water partition coefficient (Wildman–Crippen LogP) is 4.86. The van der Waals surface area contributed by atoms with Crippen molar-refractivity contribution in [2.24, 2.45) is 11.8 Å². The second-order valence-corrected chi connectivity index (χ2v) is 6.41. The maximum Gasteiger partial charge on any atom is 0.387 e. The normalized spacial score (nSPS) is 26.1. The molecule has 1 aromatic carbocycles. The summed E-state index contributed by atoms with van der Waals surface area (Å²) in [6, 6.07) is 5.17. The smallest absolute Gasteiger partial charge is 0.387 e. The van der Waals surface area contributed by atoms with Crippen molar-refractivity contribution in [2.75, 3.05) is 0 Å². The minimum absolute atomic E-state index is 0.194. The second kappa shape index (κ2) is 7.41. The average molecular weight is 318 g/mol. The monoisotopic (exact) mass is 317 g/mol. The van der Waals surface area contributed by atoms with Crippen molar-refractivity contribution in [1.82, 2.24) is 5.32 Å². The summed E-state index contributed by atoms with van der Waals surface area (Å²) in [5, 5.41) is 3.97. The van der Waals surface area contributed by atoms with Crippen LogP contribution in [-0.2, 0) is 6.54 Å². The Hall–Kier alpha value is -0.870. The van der Waals surface area contributed by atoms with E-state index in [1.165, 1.54) is 12.5 Å². The number of hydrogen-bond acceptors (Lipinski definition) is 2. The number of benzene rings is 1. The molecule has 1 aromatic rings. The summed E-state index contributed by atoms with van der Waals surface area (Å²) in [6.07, 6.45) is 3.44. The highest BCUT2D eigenvalue weighted by Crippen LogP contribution is 2.30. The highest BCUT2D eigenvalue weighted by molar-refractivity contribution is 6.30. The second-order valence-electron chi connectivity index (χ2n) is 5.98. The molecule has 0 spiro atoms. The Morgan fingerprint density at radius 3 is 2.71 bits per heavy atom. The Kier molecular flexibility index (Phi) is 5.82. The molecule has 0 heterocycles. The first-order valence-corrected chi connectivity index (χ1v) is 7.80. The van der Waals surface area contributed by atoms with E-state index >= 15 is 0 Å². The van der Waals surface area contributed by atoms with Gasteiger partial charge in [-0.15, -0.1) is 0 Å². The summed E-state index contributed by atoms with van der Waals surface area (Å²) < 4.78 is 29.4. The van der Waals surface area contributed by atoms with E-state index in [2.05, 4.69) is 23.9 Å². The Bertz CT molecular complexity index is 470. The van der Waals surface area contributed by atoms with E-state index in [4.69, 9.17) is 11.6 Å². The fourth-order valence-electron chi connectivity index (χ4n) is 2.88. The highest BCUT2D eigenvalue weighted by atomic mass is 35.5. The third-order valence-corrected chi connectivity index (χ3v) is 4.65. The predicted molar refractivity (Wildman–Crippen MR) is 80.9 cm³/mol. The quantitative estimate of drug-likeness (QED) is 0.837. The molecule has 1 saturated carbocycles. The van der Waals surface area contributed by atoms with E-state index in [1.807, 2.05) is 0 Å². The number of nitrogens with one attached hydrogen (secondary N) is 1. The van der Waals surface area contributed by atoms with Crippen molar-refractivity contribution in [3.8, 4) is 5.75 Å². The molecule has 1 aliphatic carbocycles. The van der Waals surface area contributed by atoms with Gasteiger partial charge in [0, 0.05) is 23.2 Å². The van der Waals surface area contributed by atoms with Gasteiger partial charge < -0.3 is 10.1 Å². The van der Waals surface area contributed by atoms with Crippen LogP contribution in [0.3, 0.4) is 0 Å². The largest absolute Gasteiger partial charge is 0.434 e. The fraction of sp³-hybridized carbons (Fsp3) is 0.625. The molecule has 2 rings (SSSR count). The maximum atomic E-state index is 12.4. The van der Waals surface area contributed by atoms with Crippen molar-refractivity contribution in [3.63, 3.8) is 0 Å². The van der Waals surface area contributed by atoms with Gasteiger partial charge in [0.1, 0.15) is 5.75 Å². The van der Waals surface area contributed by atoms with Gasteiger partial charge in [0.2, 0.25) is 0 Å². The number of hydrogen-bond donors (Lipinski definition) is 1. The van der Waals surface area contributed by atoms with Crippen molar-refractivity contribution in [3.05, 3.63) is 28.8 Å². The molecule has 0 amide bonds. The Labute approximate surface area is 129 Å². The van der Waals surface area contributed by atoms with Crippen LogP contribution in [0.5, 0.6) is 5.75 Å². The first-order valence-electron chi connectivity index (χ1n) is 7.42. The topological polar surface area (TPSA) is 21.3 Å². The molecule has 2 nitrogen and oxygen atoms in total. The fourth-order valence-corrected chi connectivity index (χ4v) is 3.08. The van der Waals surface area contributed by atoms with Crippen LogP contribution in [0, 0.1) is 11.8 Å². The highest BCUT2D eigenvalue weighted by Gasteiger charge is 2.24. The summed E-state index contributed by atoms with van der Waals surface area (Å²) in [6.45, 7) is 2.23. The number of alkyl halides is 2. The lowest BCUT2D eigenvalue weighted by atomic mass is 9.79. The minimum Gasteiger partial charge on any atom is -0.434 e. The van der Waals surface area contributed by atoms with E-state index < -0.39 is 6.61 Å². The SMILES string of the molecule is CC1CCC(NCc2cc(Cl)ccc2OC(F)F)CC1C. The van der Waals surface area contributed by atoms with Gasteiger partial charge in [-0.05, 0) is 49.3 Å². The molecule has 0 aliphatic heterocycles. The Balaban J connectivity index is 1.97.